The molecule has 88 valence electrons. The van der Waals surface area contributed by atoms with E-state index in [9.17, 15) is 9.59 Å². The Hall–Kier alpha value is -0.710. The molecule has 0 unspecified atom stereocenters. The Morgan fingerprint density at radius 3 is 2.47 bits per heavy atom. The van der Waals surface area contributed by atoms with Crippen LogP contribution in [0.15, 0.2) is 0 Å². The van der Waals surface area contributed by atoms with E-state index in [0.717, 1.165) is 5.75 Å². The molecule has 0 aromatic rings. The maximum Gasteiger partial charge on any atom is 0.325 e. The Kier molecular flexibility index (Phi) is 8.18. The number of ether oxygens (including phenoxy) is 1. The minimum Gasteiger partial charge on any atom is -0.465 e. The lowest BCUT2D eigenvalue weighted by atomic mass is 10.4. The lowest BCUT2D eigenvalue weighted by Crippen LogP contribution is -2.36. The molecule has 0 radical (unpaired) electrons. The fourth-order valence-corrected chi connectivity index (χ4v) is 1.47. The predicted molar refractivity (Wildman–Crippen MR) is 61.9 cm³/mol. The summed E-state index contributed by atoms with van der Waals surface area (Å²) >= 11 is 1.62. The van der Waals surface area contributed by atoms with Crippen molar-refractivity contribution in [3.63, 3.8) is 0 Å². The molecule has 0 saturated heterocycles. The van der Waals surface area contributed by atoms with Crippen LogP contribution in [-0.2, 0) is 14.3 Å². The number of likely N-dealkylation sites (N-methyl/N-ethyl adjacent to an activating group) is 1. The summed E-state index contributed by atoms with van der Waals surface area (Å²) in [5.74, 6) is 0.467. The van der Waals surface area contributed by atoms with Crippen molar-refractivity contribution < 1.29 is 14.3 Å². The van der Waals surface area contributed by atoms with E-state index in [-0.39, 0.29) is 18.4 Å². The molecule has 0 bridgehead atoms. The van der Waals surface area contributed by atoms with Gasteiger partial charge in [0.15, 0.2) is 0 Å². The number of amides is 1. The van der Waals surface area contributed by atoms with Gasteiger partial charge in [0.2, 0.25) is 5.91 Å². The van der Waals surface area contributed by atoms with Gasteiger partial charge in [0.25, 0.3) is 0 Å². The van der Waals surface area contributed by atoms with Crippen LogP contribution in [0.3, 0.4) is 0 Å². The second-order valence-electron chi connectivity index (χ2n) is 2.96. The van der Waals surface area contributed by atoms with Crippen molar-refractivity contribution in [1.82, 2.24) is 4.90 Å². The number of hydrogen-bond donors (Lipinski definition) is 0. The molecule has 0 aliphatic heterocycles. The smallest absolute Gasteiger partial charge is 0.325 e. The van der Waals surface area contributed by atoms with Crippen LogP contribution in [0.1, 0.15) is 20.3 Å². The minimum atomic E-state index is -0.336. The Bertz CT molecular complexity index is 209. The quantitative estimate of drug-likeness (QED) is 0.619. The first-order chi connectivity index (χ1) is 7.15. The van der Waals surface area contributed by atoms with E-state index in [0.29, 0.717) is 19.6 Å². The van der Waals surface area contributed by atoms with E-state index in [4.69, 9.17) is 4.74 Å². The second kappa shape index (κ2) is 8.59. The zero-order chi connectivity index (χ0) is 11.7. The van der Waals surface area contributed by atoms with Gasteiger partial charge in [-0.3, -0.25) is 9.59 Å². The van der Waals surface area contributed by atoms with Crippen LogP contribution < -0.4 is 0 Å². The zero-order valence-corrected chi connectivity index (χ0v) is 10.4. The molecule has 0 N–H and O–H groups in total. The van der Waals surface area contributed by atoms with Crippen LogP contribution in [0.25, 0.3) is 0 Å². The SMILES string of the molecule is CCOC(=O)CN(CC)C(=O)CCSC. The van der Waals surface area contributed by atoms with Crippen LogP contribution in [0.2, 0.25) is 0 Å². The number of nitrogens with zero attached hydrogens (tertiary/aromatic N) is 1. The lowest BCUT2D eigenvalue weighted by Gasteiger charge is -2.19. The first kappa shape index (κ1) is 14.3. The molecule has 1 amide bonds. The Morgan fingerprint density at radius 1 is 1.33 bits per heavy atom. The largest absolute Gasteiger partial charge is 0.465 e. The molecule has 5 heteroatoms. The fraction of sp³-hybridized carbons (Fsp3) is 0.800. The number of carbonyl (C=O) groups is 2. The maximum atomic E-state index is 11.6. The second-order valence-corrected chi connectivity index (χ2v) is 3.94. The normalized spacial score (nSPS) is 9.80. The van der Waals surface area contributed by atoms with Crippen LogP contribution in [0, 0.1) is 0 Å². The minimum absolute atomic E-state index is 0.0138. The third kappa shape index (κ3) is 6.38. The monoisotopic (exact) mass is 233 g/mol. The van der Waals surface area contributed by atoms with E-state index in [1.54, 1.807) is 18.7 Å². The lowest BCUT2D eigenvalue weighted by molar-refractivity contribution is -0.148. The predicted octanol–water partition coefficient (Wildman–Crippen LogP) is 1.15. The molecule has 0 aliphatic rings. The van der Waals surface area contributed by atoms with Crippen molar-refractivity contribution in [1.29, 1.82) is 0 Å². The van der Waals surface area contributed by atoms with Gasteiger partial charge in [0.1, 0.15) is 6.54 Å². The van der Waals surface area contributed by atoms with Gasteiger partial charge < -0.3 is 9.64 Å². The molecule has 4 nitrogen and oxygen atoms in total. The standard InChI is InChI=1S/C10H19NO3S/c1-4-11(8-10(13)14-5-2)9(12)6-7-15-3/h4-8H2,1-3H3. The Balaban J connectivity index is 4.00. The molecule has 0 aromatic heterocycles. The first-order valence-corrected chi connectivity index (χ1v) is 6.47. The van der Waals surface area contributed by atoms with Crippen molar-refractivity contribution in [2.75, 3.05) is 31.7 Å². The van der Waals surface area contributed by atoms with Gasteiger partial charge in [0, 0.05) is 18.7 Å². The molecule has 0 spiro atoms. The fourth-order valence-electron chi connectivity index (χ4n) is 1.09. The number of carbonyl (C=O) groups excluding carboxylic acids is 2. The molecule has 0 fully saturated rings. The third-order valence-electron chi connectivity index (χ3n) is 1.88. The third-order valence-corrected chi connectivity index (χ3v) is 2.49. The van der Waals surface area contributed by atoms with Crippen molar-refractivity contribution in [2.45, 2.75) is 20.3 Å². The summed E-state index contributed by atoms with van der Waals surface area (Å²) < 4.78 is 4.79. The number of rotatable bonds is 7. The van der Waals surface area contributed by atoms with Crippen LogP contribution >= 0.6 is 11.8 Å². The van der Waals surface area contributed by atoms with Crippen LogP contribution in [0.5, 0.6) is 0 Å². The summed E-state index contributed by atoms with van der Waals surface area (Å²) in [6, 6.07) is 0. The molecule has 0 atom stereocenters. The summed E-state index contributed by atoms with van der Waals surface area (Å²) in [5, 5.41) is 0. The van der Waals surface area contributed by atoms with E-state index >= 15 is 0 Å². The van der Waals surface area contributed by atoms with Crippen molar-refractivity contribution >= 4 is 23.6 Å². The molecule has 0 heterocycles. The Labute approximate surface area is 95.3 Å². The van der Waals surface area contributed by atoms with Gasteiger partial charge in [-0.15, -0.1) is 0 Å². The van der Waals surface area contributed by atoms with Gasteiger partial charge in [0.05, 0.1) is 6.61 Å². The van der Waals surface area contributed by atoms with Gasteiger partial charge in [-0.1, -0.05) is 0 Å². The van der Waals surface area contributed by atoms with E-state index in [1.807, 2.05) is 13.2 Å². The summed E-state index contributed by atoms with van der Waals surface area (Å²) in [4.78, 5) is 24.3. The highest BCUT2D eigenvalue weighted by Gasteiger charge is 2.15. The molecule has 0 aromatic carbocycles. The van der Waals surface area contributed by atoms with Gasteiger partial charge >= 0.3 is 5.97 Å². The molecular weight excluding hydrogens is 214 g/mol. The maximum absolute atomic E-state index is 11.6. The van der Waals surface area contributed by atoms with Crippen molar-refractivity contribution in [2.24, 2.45) is 0 Å². The zero-order valence-electron chi connectivity index (χ0n) is 9.62. The highest BCUT2D eigenvalue weighted by Crippen LogP contribution is 2.01. The topological polar surface area (TPSA) is 46.6 Å². The van der Waals surface area contributed by atoms with Crippen LogP contribution in [0.4, 0.5) is 0 Å². The molecular formula is C10H19NO3S. The van der Waals surface area contributed by atoms with Crippen LogP contribution in [-0.4, -0.2) is 48.5 Å². The van der Waals surface area contributed by atoms with Gasteiger partial charge in [-0.05, 0) is 20.1 Å². The van der Waals surface area contributed by atoms with E-state index in [1.165, 1.54) is 4.90 Å². The summed E-state index contributed by atoms with van der Waals surface area (Å²) in [7, 11) is 0. The summed E-state index contributed by atoms with van der Waals surface area (Å²) in [6.07, 6.45) is 2.43. The highest BCUT2D eigenvalue weighted by molar-refractivity contribution is 7.98. The molecule has 0 rings (SSSR count). The molecule has 0 aliphatic carbocycles. The number of esters is 1. The highest BCUT2D eigenvalue weighted by atomic mass is 32.2. The average Bonchev–Trinajstić information content (AvgIpc) is 2.22. The molecule has 0 saturated carbocycles. The first-order valence-electron chi connectivity index (χ1n) is 5.08. The molecule has 15 heavy (non-hydrogen) atoms. The number of hydrogen-bond acceptors (Lipinski definition) is 4. The van der Waals surface area contributed by atoms with Crippen molar-refractivity contribution in [3.8, 4) is 0 Å². The van der Waals surface area contributed by atoms with Gasteiger partial charge in [-0.2, -0.15) is 11.8 Å². The van der Waals surface area contributed by atoms with Gasteiger partial charge in [-0.25, -0.2) is 0 Å². The Morgan fingerprint density at radius 2 is 2.00 bits per heavy atom. The average molecular weight is 233 g/mol. The summed E-state index contributed by atoms with van der Waals surface area (Å²) in [5.41, 5.74) is 0. The summed E-state index contributed by atoms with van der Waals surface area (Å²) in [6.45, 7) is 4.58. The number of thioether (sulfide) groups is 1. The van der Waals surface area contributed by atoms with Crippen molar-refractivity contribution in [3.05, 3.63) is 0 Å². The van der Waals surface area contributed by atoms with E-state index < -0.39 is 0 Å². The van der Waals surface area contributed by atoms with E-state index in [2.05, 4.69) is 0 Å².